The van der Waals surface area contributed by atoms with Crippen molar-refractivity contribution in [3.63, 3.8) is 0 Å². The number of amides is 2. The standard InChI is InChI=1S/C22H37N5O3/c1-8-12-24-18(28)17-11-9-10-16(13-17)14-25-19(23-7)26-15-22(5,6)27-20(29)30-21(2,3)4/h9-11,13H,8,12,14-15H2,1-7H3,(H,24,28)(H,27,29)(H2,23,25,26). The van der Waals surface area contributed by atoms with Crippen molar-refractivity contribution >= 4 is 18.0 Å². The van der Waals surface area contributed by atoms with Gasteiger partial charge in [-0.3, -0.25) is 9.79 Å². The molecule has 0 fully saturated rings. The Hall–Kier alpha value is -2.77. The van der Waals surface area contributed by atoms with Crippen molar-refractivity contribution in [3.05, 3.63) is 35.4 Å². The SMILES string of the molecule is CCCNC(=O)c1cccc(CNC(=NC)NCC(C)(C)NC(=O)OC(C)(C)C)c1. The molecule has 1 aromatic carbocycles. The third-order valence-corrected chi connectivity index (χ3v) is 3.95. The Morgan fingerprint density at radius 1 is 1.07 bits per heavy atom. The van der Waals surface area contributed by atoms with Crippen LogP contribution in [0.2, 0.25) is 0 Å². The van der Waals surface area contributed by atoms with Crippen molar-refractivity contribution in [2.75, 3.05) is 20.1 Å². The molecular weight excluding hydrogens is 382 g/mol. The van der Waals surface area contributed by atoms with Gasteiger partial charge in [0.1, 0.15) is 5.60 Å². The fourth-order valence-electron chi connectivity index (χ4n) is 2.50. The molecule has 8 heteroatoms. The van der Waals surface area contributed by atoms with Gasteiger partial charge in [-0.2, -0.15) is 0 Å². The Labute approximate surface area is 180 Å². The van der Waals surface area contributed by atoms with Gasteiger partial charge >= 0.3 is 6.09 Å². The summed E-state index contributed by atoms with van der Waals surface area (Å²) in [4.78, 5) is 28.4. The highest BCUT2D eigenvalue weighted by atomic mass is 16.6. The highest BCUT2D eigenvalue weighted by Crippen LogP contribution is 2.09. The third kappa shape index (κ3) is 10.1. The molecule has 0 atom stereocenters. The van der Waals surface area contributed by atoms with Crippen LogP contribution < -0.4 is 21.3 Å². The van der Waals surface area contributed by atoms with Gasteiger partial charge in [0.25, 0.3) is 5.91 Å². The van der Waals surface area contributed by atoms with Gasteiger partial charge in [0, 0.05) is 32.2 Å². The predicted octanol–water partition coefficient (Wildman–Crippen LogP) is 2.79. The van der Waals surface area contributed by atoms with Gasteiger partial charge in [0.2, 0.25) is 0 Å². The van der Waals surface area contributed by atoms with Crippen molar-refractivity contribution in [3.8, 4) is 0 Å². The van der Waals surface area contributed by atoms with Gasteiger partial charge in [-0.1, -0.05) is 19.1 Å². The molecular formula is C22H37N5O3. The van der Waals surface area contributed by atoms with E-state index in [0.717, 1.165) is 12.0 Å². The lowest BCUT2D eigenvalue weighted by atomic mass is 10.1. The molecule has 0 unspecified atom stereocenters. The van der Waals surface area contributed by atoms with Crippen molar-refractivity contribution in [2.24, 2.45) is 4.99 Å². The Bertz CT molecular complexity index is 739. The molecule has 0 aliphatic rings. The maximum atomic E-state index is 12.1. The molecule has 0 saturated heterocycles. The molecule has 1 aromatic rings. The first-order chi connectivity index (χ1) is 14.0. The summed E-state index contributed by atoms with van der Waals surface area (Å²) in [6.07, 6.45) is 0.434. The van der Waals surface area contributed by atoms with Gasteiger partial charge in [-0.25, -0.2) is 4.79 Å². The Morgan fingerprint density at radius 2 is 1.77 bits per heavy atom. The summed E-state index contributed by atoms with van der Waals surface area (Å²) in [5, 5.41) is 12.2. The number of ether oxygens (including phenoxy) is 1. The molecule has 0 heterocycles. The Kier molecular flexibility index (Phi) is 9.62. The summed E-state index contributed by atoms with van der Waals surface area (Å²) in [5.74, 6) is 0.520. The van der Waals surface area contributed by atoms with Crippen LogP contribution in [-0.2, 0) is 11.3 Å². The van der Waals surface area contributed by atoms with Crippen molar-refractivity contribution in [1.82, 2.24) is 21.3 Å². The molecule has 0 bridgehead atoms. The molecule has 2 amide bonds. The van der Waals surface area contributed by atoms with Crippen LogP contribution in [0, 0.1) is 0 Å². The van der Waals surface area contributed by atoms with Crippen LogP contribution in [0.3, 0.4) is 0 Å². The number of carbonyl (C=O) groups is 2. The summed E-state index contributed by atoms with van der Waals surface area (Å²) in [6.45, 7) is 12.9. The first-order valence-corrected chi connectivity index (χ1v) is 10.3. The quantitative estimate of drug-likeness (QED) is 0.383. The second kappa shape index (κ2) is 11.4. The minimum atomic E-state index is -0.548. The number of alkyl carbamates (subject to hydrolysis) is 1. The first-order valence-electron chi connectivity index (χ1n) is 10.3. The number of hydrogen-bond donors (Lipinski definition) is 4. The molecule has 4 N–H and O–H groups in total. The number of guanidine groups is 1. The molecule has 0 aliphatic heterocycles. The molecule has 1 rings (SSSR count). The van der Waals surface area contributed by atoms with E-state index in [1.807, 2.05) is 59.7 Å². The van der Waals surface area contributed by atoms with E-state index in [2.05, 4.69) is 26.3 Å². The maximum Gasteiger partial charge on any atom is 0.408 e. The number of hydrogen-bond acceptors (Lipinski definition) is 4. The van der Waals surface area contributed by atoms with Gasteiger partial charge < -0.3 is 26.0 Å². The smallest absolute Gasteiger partial charge is 0.408 e. The highest BCUT2D eigenvalue weighted by molar-refractivity contribution is 5.94. The van der Waals surface area contributed by atoms with E-state index in [4.69, 9.17) is 4.74 Å². The molecule has 8 nitrogen and oxygen atoms in total. The van der Waals surface area contributed by atoms with Crippen LogP contribution in [0.25, 0.3) is 0 Å². The van der Waals surface area contributed by atoms with Crippen molar-refractivity contribution in [1.29, 1.82) is 0 Å². The monoisotopic (exact) mass is 419 g/mol. The molecule has 0 aliphatic carbocycles. The number of nitrogens with one attached hydrogen (secondary N) is 4. The summed E-state index contributed by atoms with van der Waals surface area (Å²) in [5.41, 5.74) is 0.506. The summed E-state index contributed by atoms with van der Waals surface area (Å²) in [7, 11) is 1.68. The number of carbonyl (C=O) groups excluding carboxylic acids is 2. The van der Waals surface area contributed by atoms with Crippen LogP contribution in [0.4, 0.5) is 4.79 Å². The van der Waals surface area contributed by atoms with E-state index in [1.54, 1.807) is 13.1 Å². The third-order valence-electron chi connectivity index (χ3n) is 3.95. The summed E-state index contributed by atoms with van der Waals surface area (Å²) < 4.78 is 5.31. The lowest BCUT2D eigenvalue weighted by Gasteiger charge is -2.29. The number of nitrogens with zero attached hydrogens (tertiary/aromatic N) is 1. The highest BCUT2D eigenvalue weighted by Gasteiger charge is 2.24. The molecule has 0 saturated carbocycles. The number of aliphatic imine (C=N–C) groups is 1. The first kappa shape index (κ1) is 25.3. The molecule has 30 heavy (non-hydrogen) atoms. The fourth-order valence-corrected chi connectivity index (χ4v) is 2.50. The van der Waals surface area contributed by atoms with Crippen molar-refractivity contribution in [2.45, 2.75) is 65.6 Å². The Balaban J connectivity index is 2.57. The zero-order valence-corrected chi connectivity index (χ0v) is 19.3. The normalized spacial score (nSPS) is 12.2. The summed E-state index contributed by atoms with van der Waals surface area (Å²) >= 11 is 0. The minimum Gasteiger partial charge on any atom is -0.444 e. The van der Waals surface area contributed by atoms with E-state index in [1.165, 1.54) is 0 Å². The van der Waals surface area contributed by atoms with E-state index in [0.29, 0.717) is 31.2 Å². The van der Waals surface area contributed by atoms with E-state index in [-0.39, 0.29) is 5.91 Å². The van der Waals surface area contributed by atoms with Crippen LogP contribution in [0.5, 0.6) is 0 Å². The topological polar surface area (TPSA) is 104 Å². The van der Waals surface area contributed by atoms with E-state index in [9.17, 15) is 9.59 Å². The molecule has 0 spiro atoms. The van der Waals surface area contributed by atoms with E-state index >= 15 is 0 Å². The van der Waals surface area contributed by atoms with Crippen LogP contribution in [-0.4, -0.2) is 49.2 Å². The number of rotatable bonds is 8. The minimum absolute atomic E-state index is 0.0730. The van der Waals surface area contributed by atoms with Gasteiger partial charge in [0.05, 0.1) is 5.54 Å². The number of benzene rings is 1. The van der Waals surface area contributed by atoms with Gasteiger partial charge in [-0.05, 0) is 58.7 Å². The fraction of sp³-hybridized carbons (Fsp3) is 0.591. The lowest BCUT2D eigenvalue weighted by molar-refractivity contribution is 0.0473. The molecule has 168 valence electrons. The maximum absolute atomic E-state index is 12.1. The molecule has 0 aromatic heterocycles. The lowest BCUT2D eigenvalue weighted by Crippen LogP contribution is -2.54. The molecule has 0 radical (unpaired) electrons. The van der Waals surface area contributed by atoms with Gasteiger partial charge in [0.15, 0.2) is 5.96 Å². The van der Waals surface area contributed by atoms with Crippen molar-refractivity contribution < 1.29 is 14.3 Å². The second-order valence-corrected chi connectivity index (χ2v) is 8.75. The predicted molar refractivity (Wildman–Crippen MR) is 121 cm³/mol. The zero-order valence-electron chi connectivity index (χ0n) is 19.3. The zero-order chi connectivity index (χ0) is 22.8. The van der Waals surface area contributed by atoms with Gasteiger partial charge in [-0.15, -0.1) is 0 Å². The van der Waals surface area contributed by atoms with E-state index < -0.39 is 17.2 Å². The Morgan fingerprint density at radius 3 is 2.37 bits per heavy atom. The average molecular weight is 420 g/mol. The average Bonchev–Trinajstić information content (AvgIpc) is 2.64. The summed E-state index contributed by atoms with van der Waals surface area (Å²) in [6, 6.07) is 7.47. The largest absolute Gasteiger partial charge is 0.444 e. The van der Waals surface area contributed by atoms with Crippen LogP contribution in [0.15, 0.2) is 29.3 Å². The van der Waals surface area contributed by atoms with Crippen LogP contribution in [0.1, 0.15) is 63.9 Å². The second-order valence-electron chi connectivity index (χ2n) is 8.75. The van der Waals surface area contributed by atoms with Crippen LogP contribution >= 0.6 is 0 Å².